The molecule has 0 heterocycles. The Bertz CT molecular complexity index is 1140. The Kier molecular flexibility index (Phi) is 4.47. The SMILES string of the molecule is CC(=O)O[C@@]12C[C@@H]1C[C@H]1[C@@H]3CCC4=CC(=O)CCC4=C3[C@@H](c3ccc(C(C)=O)cc3)C[C@@]12C. The number of fused-ring (bicyclic) bond motifs is 6. The molecule has 0 unspecified atom stereocenters. The van der Waals surface area contributed by atoms with Gasteiger partial charge in [-0.2, -0.15) is 0 Å². The van der Waals surface area contributed by atoms with Gasteiger partial charge < -0.3 is 4.74 Å². The average molecular weight is 445 g/mol. The zero-order valence-electron chi connectivity index (χ0n) is 19.8. The molecular weight excluding hydrogens is 412 g/mol. The number of carbonyl (C=O) groups is 3. The molecule has 1 aromatic carbocycles. The van der Waals surface area contributed by atoms with Crippen molar-refractivity contribution >= 4 is 17.5 Å². The van der Waals surface area contributed by atoms with E-state index in [0.29, 0.717) is 24.2 Å². The van der Waals surface area contributed by atoms with E-state index >= 15 is 0 Å². The molecule has 0 saturated heterocycles. The Balaban J connectivity index is 1.49. The van der Waals surface area contributed by atoms with Crippen molar-refractivity contribution in [2.75, 3.05) is 0 Å². The highest BCUT2D eigenvalue weighted by atomic mass is 16.6. The number of esters is 1. The lowest BCUT2D eigenvalue weighted by molar-refractivity contribution is -0.161. The van der Waals surface area contributed by atoms with Gasteiger partial charge in [0.2, 0.25) is 0 Å². The van der Waals surface area contributed by atoms with Crippen LogP contribution < -0.4 is 0 Å². The van der Waals surface area contributed by atoms with Crippen LogP contribution >= 0.6 is 0 Å². The van der Waals surface area contributed by atoms with Crippen LogP contribution in [0.15, 0.2) is 47.1 Å². The Morgan fingerprint density at radius 3 is 2.48 bits per heavy atom. The second-order valence-electron chi connectivity index (χ2n) is 11.3. The van der Waals surface area contributed by atoms with Gasteiger partial charge in [0.05, 0.1) is 0 Å². The third-order valence-electron chi connectivity index (χ3n) is 9.72. The van der Waals surface area contributed by atoms with Crippen molar-refractivity contribution in [3.05, 3.63) is 58.2 Å². The first-order valence-electron chi connectivity index (χ1n) is 12.5. The van der Waals surface area contributed by atoms with E-state index < -0.39 is 0 Å². The highest BCUT2D eigenvalue weighted by Gasteiger charge is 2.77. The third-order valence-corrected chi connectivity index (χ3v) is 9.72. The third kappa shape index (κ3) is 2.92. The van der Waals surface area contributed by atoms with Crippen molar-refractivity contribution in [3.63, 3.8) is 0 Å². The molecule has 5 aliphatic carbocycles. The predicted octanol–water partition coefficient (Wildman–Crippen LogP) is 5.72. The molecule has 6 atom stereocenters. The summed E-state index contributed by atoms with van der Waals surface area (Å²) in [6, 6.07) is 8.15. The highest BCUT2D eigenvalue weighted by Crippen LogP contribution is 2.77. The number of ketones is 2. The van der Waals surface area contributed by atoms with Crippen LogP contribution in [0.4, 0.5) is 0 Å². The lowest BCUT2D eigenvalue weighted by Gasteiger charge is -2.54. The van der Waals surface area contributed by atoms with Crippen LogP contribution in [0.2, 0.25) is 0 Å². The summed E-state index contributed by atoms with van der Waals surface area (Å²) in [7, 11) is 0. The first kappa shape index (κ1) is 21.1. The van der Waals surface area contributed by atoms with Crippen LogP contribution in [0, 0.1) is 23.2 Å². The molecule has 0 amide bonds. The number of carbonyl (C=O) groups excluding carboxylic acids is 3. The first-order chi connectivity index (χ1) is 15.7. The van der Waals surface area contributed by atoms with Gasteiger partial charge in [-0.25, -0.2) is 0 Å². The molecule has 172 valence electrons. The molecule has 0 radical (unpaired) electrons. The van der Waals surface area contributed by atoms with E-state index in [4.69, 9.17) is 4.74 Å². The van der Waals surface area contributed by atoms with Crippen molar-refractivity contribution in [2.24, 2.45) is 23.2 Å². The van der Waals surface area contributed by atoms with Crippen molar-refractivity contribution < 1.29 is 19.1 Å². The summed E-state index contributed by atoms with van der Waals surface area (Å²) in [6.07, 6.45) is 8.49. The summed E-state index contributed by atoms with van der Waals surface area (Å²) in [5, 5.41) is 0. The fourth-order valence-corrected chi connectivity index (χ4v) is 8.26. The standard InChI is InChI=1S/C29H32O4/c1-16(30)18-4-6-19(7-5-18)25-15-28(3)26(13-21-14-29(21,28)33-17(2)31)24-10-8-20-12-22(32)9-11-23(20)27(24)25/h4-7,12,21,24-26H,8-11,13-15H2,1-3H3/t21-,24-,25+,26-,28-,29-/m0/s1. The van der Waals surface area contributed by atoms with Gasteiger partial charge in [-0.15, -0.1) is 0 Å². The van der Waals surface area contributed by atoms with Crippen LogP contribution in [-0.2, 0) is 14.3 Å². The summed E-state index contributed by atoms with van der Waals surface area (Å²) in [6.45, 7) is 5.53. The second-order valence-corrected chi connectivity index (χ2v) is 11.3. The monoisotopic (exact) mass is 444 g/mol. The molecule has 0 spiro atoms. The number of Topliss-reactive ketones (excluding diaryl/α,β-unsaturated/α-hetero) is 1. The van der Waals surface area contributed by atoms with Gasteiger partial charge in [-0.05, 0) is 80.1 Å². The van der Waals surface area contributed by atoms with Gasteiger partial charge >= 0.3 is 5.97 Å². The Hall–Kier alpha value is -2.49. The van der Waals surface area contributed by atoms with Gasteiger partial charge in [0.25, 0.3) is 0 Å². The maximum absolute atomic E-state index is 12.2. The molecule has 4 nitrogen and oxygen atoms in total. The van der Waals surface area contributed by atoms with Crippen LogP contribution in [0.25, 0.3) is 0 Å². The molecule has 5 aliphatic rings. The van der Waals surface area contributed by atoms with E-state index in [1.54, 1.807) is 13.8 Å². The van der Waals surface area contributed by atoms with Gasteiger partial charge in [-0.1, -0.05) is 36.8 Å². The molecule has 3 fully saturated rings. The maximum Gasteiger partial charge on any atom is 0.303 e. The molecule has 1 aromatic rings. The topological polar surface area (TPSA) is 60.4 Å². The quantitative estimate of drug-likeness (QED) is 0.442. The van der Waals surface area contributed by atoms with Crippen LogP contribution in [0.5, 0.6) is 0 Å². The molecule has 6 rings (SSSR count). The summed E-state index contributed by atoms with van der Waals surface area (Å²) >= 11 is 0. The largest absolute Gasteiger partial charge is 0.458 e. The number of allylic oxidation sites excluding steroid dienone is 4. The second kappa shape index (κ2) is 7.01. The molecule has 0 N–H and O–H groups in total. The number of ether oxygens (including phenoxy) is 1. The molecular formula is C29H32O4. The normalized spacial score (nSPS) is 38.5. The van der Waals surface area contributed by atoms with Gasteiger partial charge in [0, 0.05) is 36.2 Å². The lowest BCUT2D eigenvalue weighted by atomic mass is 9.51. The van der Waals surface area contributed by atoms with Gasteiger partial charge in [-0.3, -0.25) is 14.4 Å². The molecule has 0 bridgehead atoms. The molecule has 4 heteroatoms. The van der Waals surface area contributed by atoms with Crippen LogP contribution in [0.1, 0.15) is 87.6 Å². The first-order valence-corrected chi connectivity index (χ1v) is 12.5. The van der Waals surface area contributed by atoms with E-state index in [-0.39, 0.29) is 34.5 Å². The molecule has 0 aromatic heterocycles. The minimum atomic E-state index is -0.310. The smallest absolute Gasteiger partial charge is 0.303 e. The molecule has 0 aliphatic heterocycles. The van der Waals surface area contributed by atoms with Crippen molar-refractivity contribution in [1.82, 2.24) is 0 Å². The van der Waals surface area contributed by atoms with Crippen molar-refractivity contribution in [2.45, 2.75) is 77.2 Å². The highest BCUT2D eigenvalue weighted by molar-refractivity contribution is 5.94. The minimum Gasteiger partial charge on any atom is -0.458 e. The van der Waals surface area contributed by atoms with Crippen LogP contribution in [-0.4, -0.2) is 23.1 Å². The fourth-order valence-electron chi connectivity index (χ4n) is 8.26. The molecule has 3 saturated carbocycles. The summed E-state index contributed by atoms with van der Waals surface area (Å²) in [5.74, 6) is 1.88. The van der Waals surface area contributed by atoms with E-state index in [0.717, 1.165) is 44.1 Å². The molecule has 33 heavy (non-hydrogen) atoms. The Morgan fingerprint density at radius 2 is 1.79 bits per heavy atom. The summed E-state index contributed by atoms with van der Waals surface area (Å²) in [5.41, 5.74) is 5.84. The van der Waals surface area contributed by atoms with E-state index in [1.165, 1.54) is 22.3 Å². The number of hydrogen-bond acceptors (Lipinski definition) is 4. The zero-order chi connectivity index (χ0) is 23.1. The van der Waals surface area contributed by atoms with Crippen LogP contribution in [0.3, 0.4) is 0 Å². The average Bonchev–Trinajstić information content (AvgIpc) is 3.42. The van der Waals surface area contributed by atoms with E-state index in [1.807, 2.05) is 18.2 Å². The zero-order valence-corrected chi connectivity index (χ0v) is 19.8. The van der Waals surface area contributed by atoms with Crippen molar-refractivity contribution in [3.8, 4) is 0 Å². The number of benzene rings is 1. The van der Waals surface area contributed by atoms with Crippen molar-refractivity contribution in [1.29, 1.82) is 0 Å². The lowest BCUT2D eigenvalue weighted by Crippen LogP contribution is -2.49. The maximum atomic E-state index is 12.2. The minimum absolute atomic E-state index is 0.0479. The number of rotatable bonds is 3. The van der Waals surface area contributed by atoms with E-state index in [9.17, 15) is 14.4 Å². The van der Waals surface area contributed by atoms with Gasteiger partial charge in [0.15, 0.2) is 11.6 Å². The Morgan fingerprint density at radius 1 is 1.03 bits per heavy atom. The van der Waals surface area contributed by atoms with E-state index in [2.05, 4.69) is 19.1 Å². The summed E-state index contributed by atoms with van der Waals surface area (Å²) < 4.78 is 6.12. The number of hydrogen-bond donors (Lipinski definition) is 0. The van der Waals surface area contributed by atoms with Gasteiger partial charge in [0.1, 0.15) is 5.60 Å². The predicted molar refractivity (Wildman–Crippen MR) is 125 cm³/mol. The summed E-state index contributed by atoms with van der Waals surface area (Å²) in [4.78, 5) is 36.2. The Labute approximate surface area is 195 Å². The fraction of sp³-hybridized carbons (Fsp3) is 0.552.